The molecule has 0 aliphatic carbocycles. The van der Waals surface area contributed by atoms with Crippen LogP contribution in [-0.2, 0) is 22.2 Å². The second-order valence-corrected chi connectivity index (χ2v) is 6.24. The summed E-state index contributed by atoms with van der Waals surface area (Å²) in [7, 11) is -4.31. The average molecular weight is 341 g/mol. The summed E-state index contributed by atoms with van der Waals surface area (Å²) in [5.74, 6) is -1.20. The van der Waals surface area contributed by atoms with E-state index in [1.165, 1.54) is 0 Å². The van der Waals surface area contributed by atoms with E-state index in [1.54, 1.807) is 0 Å². The summed E-state index contributed by atoms with van der Waals surface area (Å²) < 4.78 is 98.3. The zero-order chi connectivity index (χ0) is 15.8. The van der Waals surface area contributed by atoms with Crippen molar-refractivity contribution in [1.29, 1.82) is 0 Å². The second-order valence-electron chi connectivity index (χ2n) is 3.75. The van der Waals surface area contributed by atoms with Gasteiger partial charge < -0.3 is 0 Å². The van der Waals surface area contributed by atoms with Crippen LogP contribution in [0.5, 0.6) is 0 Å². The minimum absolute atomic E-state index is 0.139. The maximum absolute atomic E-state index is 12.5. The summed E-state index contributed by atoms with van der Waals surface area (Å²) in [5.41, 5.74) is -3.36. The van der Waals surface area contributed by atoms with Crippen molar-refractivity contribution in [2.24, 2.45) is 0 Å². The van der Waals surface area contributed by atoms with Crippen LogP contribution in [0.15, 0.2) is 23.1 Å². The number of hydrogen-bond donors (Lipinski definition) is 0. The molecule has 2 nitrogen and oxygen atoms in total. The third kappa shape index (κ3) is 4.02. The molecular formula is C10H7ClF6O2S. The van der Waals surface area contributed by atoms with E-state index >= 15 is 0 Å². The second kappa shape index (κ2) is 5.44. The minimum atomic E-state index is -5.09. The van der Waals surface area contributed by atoms with Gasteiger partial charge in [0, 0.05) is 5.88 Å². The number of alkyl halides is 7. The van der Waals surface area contributed by atoms with Gasteiger partial charge >= 0.3 is 12.4 Å². The van der Waals surface area contributed by atoms with Crippen LogP contribution in [0.25, 0.3) is 0 Å². The van der Waals surface area contributed by atoms with Gasteiger partial charge in [-0.25, -0.2) is 8.42 Å². The molecule has 0 amide bonds. The Bertz CT molecular complexity index is 558. The van der Waals surface area contributed by atoms with Crippen molar-refractivity contribution in [3.05, 3.63) is 29.3 Å². The van der Waals surface area contributed by atoms with Crippen molar-refractivity contribution >= 4 is 21.4 Å². The van der Waals surface area contributed by atoms with Crippen molar-refractivity contribution < 1.29 is 34.8 Å². The highest BCUT2D eigenvalue weighted by Gasteiger charge is 2.38. The first-order valence-corrected chi connectivity index (χ1v) is 7.15. The van der Waals surface area contributed by atoms with Crippen LogP contribution in [0.3, 0.4) is 0 Å². The predicted octanol–water partition coefficient (Wildman–Crippen LogP) is 3.74. The number of benzene rings is 1. The summed E-state index contributed by atoms with van der Waals surface area (Å²) >= 11 is 5.17. The quantitative estimate of drug-likeness (QED) is 0.620. The van der Waals surface area contributed by atoms with E-state index in [1.807, 2.05) is 0 Å². The smallest absolute Gasteiger partial charge is 0.224 e. The van der Waals surface area contributed by atoms with Crippen molar-refractivity contribution in [2.45, 2.75) is 17.2 Å². The molecule has 1 aromatic carbocycles. The van der Waals surface area contributed by atoms with E-state index in [9.17, 15) is 34.8 Å². The van der Waals surface area contributed by atoms with Crippen LogP contribution < -0.4 is 0 Å². The summed E-state index contributed by atoms with van der Waals surface area (Å²) in [6.07, 6.45) is -10.2. The van der Waals surface area contributed by atoms with Gasteiger partial charge in [0.25, 0.3) is 0 Å². The van der Waals surface area contributed by atoms with Gasteiger partial charge in [-0.1, -0.05) is 0 Å². The molecule has 1 rings (SSSR count). The van der Waals surface area contributed by atoms with Crippen LogP contribution >= 0.6 is 11.6 Å². The molecule has 0 aliphatic rings. The molecule has 114 valence electrons. The first kappa shape index (κ1) is 17.1. The number of sulfone groups is 1. The van der Waals surface area contributed by atoms with Crippen LogP contribution in [0.1, 0.15) is 11.1 Å². The first-order chi connectivity index (χ1) is 8.88. The minimum Gasteiger partial charge on any atom is -0.224 e. The summed E-state index contributed by atoms with van der Waals surface area (Å²) in [6, 6.07) is 0.188. The van der Waals surface area contributed by atoms with Crippen LogP contribution in [0, 0.1) is 0 Å². The Morgan fingerprint density at radius 2 is 1.30 bits per heavy atom. The van der Waals surface area contributed by atoms with Crippen molar-refractivity contribution in [2.75, 3.05) is 11.6 Å². The van der Waals surface area contributed by atoms with E-state index in [4.69, 9.17) is 11.6 Å². The third-order valence-corrected chi connectivity index (χ3v) is 4.37. The van der Waals surface area contributed by atoms with E-state index in [2.05, 4.69) is 0 Å². The van der Waals surface area contributed by atoms with Gasteiger partial charge in [0.05, 0.1) is 21.8 Å². The van der Waals surface area contributed by atoms with Crippen LogP contribution in [-0.4, -0.2) is 20.1 Å². The molecule has 0 aromatic heterocycles. The van der Waals surface area contributed by atoms with Gasteiger partial charge in [0.1, 0.15) is 0 Å². The molecule has 10 heteroatoms. The Balaban J connectivity index is 3.55. The van der Waals surface area contributed by atoms with E-state index in [0.717, 1.165) is 0 Å². The Kier molecular flexibility index (Phi) is 4.65. The summed E-state index contributed by atoms with van der Waals surface area (Å²) in [5, 5.41) is 0. The highest BCUT2D eigenvalue weighted by atomic mass is 35.5. The summed E-state index contributed by atoms with van der Waals surface area (Å²) in [4.78, 5) is -1.06. The fourth-order valence-corrected chi connectivity index (χ4v) is 2.99. The number of hydrogen-bond acceptors (Lipinski definition) is 2. The molecule has 20 heavy (non-hydrogen) atoms. The highest BCUT2D eigenvalue weighted by molar-refractivity contribution is 7.91. The zero-order valence-corrected chi connectivity index (χ0v) is 11.1. The van der Waals surface area contributed by atoms with Gasteiger partial charge in [-0.05, 0) is 18.2 Å². The fraction of sp³-hybridized carbons (Fsp3) is 0.400. The monoisotopic (exact) mass is 340 g/mol. The predicted molar refractivity (Wildman–Crippen MR) is 59.2 cm³/mol. The van der Waals surface area contributed by atoms with E-state index < -0.39 is 49.8 Å². The molecule has 0 bridgehead atoms. The molecule has 0 heterocycles. The Morgan fingerprint density at radius 3 is 1.60 bits per heavy atom. The normalized spacial score (nSPS) is 13.6. The number of rotatable bonds is 3. The molecule has 0 saturated carbocycles. The van der Waals surface area contributed by atoms with Gasteiger partial charge in [-0.2, -0.15) is 26.3 Å². The van der Waals surface area contributed by atoms with E-state index in [0.29, 0.717) is 0 Å². The maximum atomic E-state index is 12.5. The lowest BCUT2D eigenvalue weighted by Crippen LogP contribution is -2.15. The molecule has 0 radical (unpaired) electrons. The Hall–Kier alpha value is -0.960. The topological polar surface area (TPSA) is 34.1 Å². The standard InChI is InChI=1S/C10H7ClF6O2S/c11-1-2-20(18,19)8-4-6(9(12,13)14)3-7(5-8)10(15,16)17/h3-5H,1-2H2. The molecule has 0 unspecified atom stereocenters. The SMILES string of the molecule is O=S(=O)(CCCl)c1cc(C(F)(F)F)cc(C(F)(F)F)c1. The average Bonchev–Trinajstić information content (AvgIpc) is 2.26. The number of halogens is 7. The maximum Gasteiger partial charge on any atom is 0.416 e. The lowest BCUT2D eigenvalue weighted by Gasteiger charge is -2.14. The molecule has 0 saturated heterocycles. The van der Waals surface area contributed by atoms with Gasteiger partial charge in [0.2, 0.25) is 0 Å². The highest BCUT2D eigenvalue weighted by Crippen LogP contribution is 2.37. The molecule has 1 aromatic rings. The van der Waals surface area contributed by atoms with Gasteiger partial charge in [-0.3, -0.25) is 0 Å². The van der Waals surface area contributed by atoms with Crippen LogP contribution in [0.4, 0.5) is 26.3 Å². The summed E-state index contributed by atoms with van der Waals surface area (Å²) in [6.45, 7) is 0. The van der Waals surface area contributed by atoms with Crippen molar-refractivity contribution in [1.82, 2.24) is 0 Å². The fourth-order valence-electron chi connectivity index (χ4n) is 1.33. The van der Waals surface area contributed by atoms with Crippen molar-refractivity contribution in [3.8, 4) is 0 Å². The van der Waals surface area contributed by atoms with Gasteiger partial charge in [-0.15, -0.1) is 11.6 Å². The van der Waals surface area contributed by atoms with Crippen LogP contribution in [0.2, 0.25) is 0 Å². The zero-order valence-electron chi connectivity index (χ0n) is 9.52. The molecule has 0 fully saturated rings. The lowest BCUT2D eigenvalue weighted by atomic mass is 10.1. The van der Waals surface area contributed by atoms with Crippen molar-refractivity contribution in [3.63, 3.8) is 0 Å². The molecule has 0 N–H and O–H groups in total. The lowest BCUT2D eigenvalue weighted by molar-refractivity contribution is -0.143. The van der Waals surface area contributed by atoms with E-state index in [-0.39, 0.29) is 18.2 Å². The molecular weight excluding hydrogens is 334 g/mol. The van der Waals surface area contributed by atoms with Gasteiger partial charge in [0.15, 0.2) is 9.84 Å². The molecule has 0 aliphatic heterocycles. The Labute approximate surface area is 115 Å². The Morgan fingerprint density at radius 1 is 0.900 bits per heavy atom. The molecule has 0 spiro atoms. The first-order valence-electron chi connectivity index (χ1n) is 4.96. The largest absolute Gasteiger partial charge is 0.416 e. The molecule has 0 atom stereocenters. The third-order valence-electron chi connectivity index (χ3n) is 2.27.